The van der Waals surface area contributed by atoms with Crippen LogP contribution in [0.2, 0.25) is 0 Å². The molecule has 0 aliphatic carbocycles. The average Bonchev–Trinajstić information content (AvgIpc) is 2.25. The first-order valence-corrected chi connectivity index (χ1v) is 6.52. The van der Waals surface area contributed by atoms with E-state index in [0.717, 1.165) is 11.0 Å². The molecule has 1 aromatic carbocycles. The maximum absolute atomic E-state index is 3.54. The summed E-state index contributed by atoms with van der Waals surface area (Å²) in [6.45, 7) is 5.57. The first kappa shape index (κ1) is 12.7. The highest BCUT2D eigenvalue weighted by molar-refractivity contribution is 9.10. The Balaban J connectivity index is 2.33. The van der Waals surface area contributed by atoms with E-state index in [0.29, 0.717) is 6.04 Å². The molecule has 0 fully saturated rings. The molecular formula is C13H20BrN. The molecule has 0 saturated carbocycles. The van der Waals surface area contributed by atoms with Crippen molar-refractivity contribution in [2.45, 2.75) is 39.2 Å². The molecule has 0 saturated heterocycles. The summed E-state index contributed by atoms with van der Waals surface area (Å²) < 4.78 is 1.14. The van der Waals surface area contributed by atoms with E-state index in [1.54, 1.807) is 0 Å². The minimum Gasteiger partial charge on any atom is -0.310 e. The van der Waals surface area contributed by atoms with Crippen LogP contribution in [0.4, 0.5) is 0 Å². The summed E-state index contributed by atoms with van der Waals surface area (Å²) in [4.78, 5) is 0. The van der Waals surface area contributed by atoms with Crippen molar-refractivity contribution in [3.63, 3.8) is 0 Å². The van der Waals surface area contributed by atoms with Gasteiger partial charge in [-0.15, -0.1) is 0 Å². The molecule has 2 heteroatoms. The predicted octanol–water partition coefficient (Wildman–Crippen LogP) is 4.29. The molecule has 1 unspecified atom stereocenters. The zero-order chi connectivity index (χ0) is 11.1. The maximum atomic E-state index is 3.54. The molecule has 0 amide bonds. The van der Waals surface area contributed by atoms with Crippen LogP contribution < -0.4 is 5.32 Å². The van der Waals surface area contributed by atoms with Gasteiger partial charge in [-0.3, -0.25) is 0 Å². The van der Waals surface area contributed by atoms with Gasteiger partial charge in [0.2, 0.25) is 0 Å². The van der Waals surface area contributed by atoms with Crippen LogP contribution in [-0.2, 0) is 0 Å². The fraction of sp³-hybridized carbons (Fsp3) is 0.538. The summed E-state index contributed by atoms with van der Waals surface area (Å²) in [5.74, 6) is 0. The van der Waals surface area contributed by atoms with Gasteiger partial charge in [-0.1, -0.05) is 47.8 Å². The average molecular weight is 270 g/mol. The van der Waals surface area contributed by atoms with Crippen LogP contribution in [0.1, 0.15) is 44.7 Å². The second-order valence-electron chi connectivity index (χ2n) is 3.93. The van der Waals surface area contributed by atoms with Crippen LogP contribution >= 0.6 is 15.9 Å². The summed E-state index contributed by atoms with van der Waals surface area (Å²) in [6, 6.07) is 8.98. The minimum atomic E-state index is 0.454. The zero-order valence-corrected chi connectivity index (χ0v) is 11.2. The van der Waals surface area contributed by atoms with Gasteiger partial charge >= 0.3 is 0 Å². The van der Waals surface area contributed by atoms with Gasteiger partial charge in [0.1, 0.15) is 0 Å². The first-order valence-electron chi connectivity index (χ1n) is 5.73. The number of rotatable bonds is 6. The first-order chi connectivity index (χ1) is 7.24. The molecule has 84 valence electrons. The Bertz CT molecular complexity index is 268. The summed E-state index contributed by atoms with van der Waals surface area (Å²) in [7, 11) is 0. The van der Waals surface area contributed by atoms with Crippen molar-refractivity contribution in [2.75, 3.05) is 6.54 Å². The summed E-state index contributed by atoms with van der Waals surface area (Å²) in [5, 5.41) is 3.54. The second kappa shape index (κ2) is 7.02. The molecule has 0 aromatic heterocycles. The molecule has 1 nitrogen and oxygen atoms in total. The molecule has 0 radical (unpaired) electrons. The molecular weight excluding hydrogens is 250 g/mol. The lowest BCUT2D eigenvalue weighted by atomic mass is 10.1. The molecule has 0 bridgehead atoms. The minimum absolute atomic E-state index is 0.454. The summed E-state index contributed by atoms with van der Waals surface area (Å²) in [6.07, 6.45) is 3.88. The van der Waals surface area contributed by atoms with E-state index in [4.69, 9.17) is 0 Å². The molecule has 15 heavy (non-hydrogen) atoms. The standard InChI is InChI=1S/C13H20BrN/c1-3-4-5-10-15-11(2)12-6-8-13(14)9-7-12/h6-9,11,15H,3-5,10H2,1-2H3. The number of halogens is 1. The monoisotopic (exact) mass is 269 g/mol. The third-order valence-electron chi connectivity index (χ3n) is 2.60. The van der Waals surface area contributed by atoms with Crippen LogP contribution in [0.15, 0.2) is 28.7 Å². The lowest BCUT2D eigenvalue weighted by Crippen LogP contribution is -2.19. The van der Waals surface area contributed by atoms with Crippen molar-refractivity contribution in [3.8, 4) is 0 Å². The largest absolute Gasteiger partial charge is 0.310 e. The quantitative estimate of drug-likeness (QED) is 0.760. The SMILES string of the molecule is CCCCCNC(C)c1ccc(Br)cc1. The highest BCUT2D eigenvalue weighted by atomic mass is 79.9. The van der Waals surface area contributed by atoms with Crippen molar-refractivity contribution in [1.82, 2.24) is 5.32 Å². The molecule has 1 aromatic rings. The van der Waals surface area contributed by atoms with Gasteiger partial charge < -0.3 is 5.32 Å². The fourth-order valence-corrected chi connectivity index (χ4v) is 1.83. The third-order valence-corrected chi connectivity index (χ3v) is 3.13. The Hall–Kier alpha value is -0.340. The smallest absolute Gasteiger partial charge is 0.0291 e. The number of benzene rings is 1. The highest BCUT2D eigenvalue weighted by Gasteiger charge is 2.03. The topological polar surface area (TPSA) is 12.0 Å². The molecule has 0 spiro atoms. The normalized spacial score (nSPS) is 12.7. The lowest BCUT2D eigenvalue weighted by molar-refractivity contribution is 0.544. The maximum Gasteiger partial charge on any atom is 0.0291 e. The zero-order valence-electron chi connectivity index (χ0n) is 9.59. The Morgan fingerprint density at radius 3 is 2.47 bits per heavy atom. The fourth-order valence-electron chi connectivity index (χ4n) is 1.56. The Morgan fingerprint density at radius 2 is 1.87 bits per heavy atom. The van der Waals surface area contributed by atoms with Crippen LogP contribution in [0.3, 0.4) is 0 Å². The van der Waals surface area contributed by atoms with Crippen LogP contribution in [0.25, 0.3) is 0 Å². The van der Waals surface area contributed by atoms with E-state index >= 15 is 0 Å². The number of hydrogen-bond donors (Lipinski definition) is 1. The van der Waals surface area contributed by atoms with E-state index in [2.05, 4.69) is 59.4 Å². The number of hydrogen-bond acceptors (Lipinski definition) is 1. The van der Waals surface area contributed by atoms with E-state index in [9.17, 15) is 0 Å². The lowest BCUT2D eigenvalue weighted by Gasteiger charge is -2.14. The summed E-state index contributed by atoms with van der Waals surface area (Å²) >= 11 is 3.45. The van der Waals surface area contributed by atoms with Crippen LogP contribution in [0, 0.1) is 0 Å². The van der Waals surface area contributed by atoms with Crippen molar-refractivity contribution in [2.24, 2.45) is 0 Å². The Morgan fingerprint density at radius 1 is 1.20 bits per heavy atom. The molecule has 0 aliphatic heterocycles. The molecule has 1 rings (SSSR count). The molecule has 0 aliphatic rings. The van der Waals surface area contributed by atoms with Crippen LogP contribution in [0.5, 0.6) is 0 Å². The van der Waals surface area contributed by atoms with Crippen LogP contribution in [-0.4, -0.2) is 6.54 Å². The van der Waals surface area contributed by atoms with Crippen molar-refractivity contribution >= 4 is 15.9 Å². The van der Waals surface area contributed by atoms with E-state index in [1.807, 2.05) is 0 Å². The van der Waals surface area contributed by atoms with Crippen molar-refractivity contribution in [3.05, 3.63) is 34.3 Å². The van der Waals surface area contributed by atoms with Gasteiger partial charge in [0.15, 0.2) is 0 Å². The van der Waals surface area contributed by atoms with E-state index in [-0.39, 0.29) is 0 Å². The van der Waals surface area contributed by atoms with Gasteiger partial charge in [-0.25, -0.2) is 0 Å². The van der Waals surface area contributed by atoms with E-state index < -0.39 is 0 Å². The van der Waals surface area contributed by atoms with Gasteiger partial charge in [-0.05, 0) is 37.6 Å². The predicted molar refractivity (Wildman–Crippen MR) is 70.1 cm³/mol. The van der Waals surface area contributed by atoms with E-state index in [1.165, 1.54) is 24.8 Å². The number of unbranched alkanes of at least 4 members (excludes halogenated alkanes) is 2. The Kier molecular flexibility index (Phi) is 5.96. The van der Waals surface area contributed by atoms with Gasteiger partial charge in [0, 0.05) is 10.5 Å². The van der Waals surface area contributed by atoms with Gasteiger partial charge in [0.25, 0.3) is 0 Å². The van der Waals surface area contributed by atoms with Gasteiger partial charge in [0.05, 0.1) is 0 Å². The Labute approximate surface area is 101 Å². The van der Waals surface area contributed by atoms with Crippen molar-refractivity contribution < 1.29 is 0 Å². The highest BCUT2D eigenvalue weighted by Crippen LogP contribution is 2.16. The third kappa shape index (κ3) is 4.80. The summed E-state index contributed by atoms with van der Waals surface area (Å²) in [5.41, 5.74) is 1.36. The van der Waals surface area contributed by atoms with Gasteiger partial charge in [-0.2, -0.15) is 0 Å². The van der Waals surface area contributed by atoms with Crippen molar-refractivity contribution in [1.29, 1.82) is 0 Å². The second-order valence-corrected chi connectivity index (χ2v) is 4.85. The molecule has 1 N–H and O–H groups in total. The molecule has 0 heterocycles. The number of nitrogens with one attached hydrogen (secondary N) is 1. The molecule has 1 atom stereocenters.